The van der Waals surface area contributed by atoms with Gasteiger partial charge >= 0.3 is 0 Å². The second kappa shape index (κ2) is 5.85. The van der Waals surface area contributed by atoms with Gasteiger partial charge in [-0.15, -0.1) is 11.3 Å². The monoisotopic (exact) mass is 321 g/mol. The van der Waals surface area contributed by atoms with Crippen LogP contribution in [0.4, 0.5) is 5.69 Å². The number of nitrogens with one attached hydrogen (secondary N) is 1. The van der Waals surface area contributed by atoms with E-state index < -0.39 is 10.0 Å². The van der Waals surface area contributed by atoms with Gasteiger partial charge in [-0.3, -0.25) is 0 Å². The summed E-state index contributed by atoms with van der Waals surface area (Å²) in [4.78, 5) is 1.98. The lowest BCUT2D eigenvalue weighted by molar-refractivity contribution is 0.568. The van der Waals surface area contributed by atoms with E-state index in [0.29, 0.717) is 5.69 Å². The number of aryl methyl sites for hydroxylation is 1. The van der Waals surface area contributed by atoms with Crippen molar-refractivity contribution in [1.82, 2.24) is 4.72 Å². The van der Waals surface area contributed by atoms with Crippen LogP contribution in [0.25, 0.3) is 0 Å². The number of nitrogens with zero attached hydrogens (tertiary/aromatic N) is 1. The van der Waals surface area contributed by atoms with Gasteiger partial charge in [0.15, 0.2) is 0 Å². The Morgan fingerprint density at radius 1 is 1.33 bits per heavy atom. The van der Waals surface area contributed by atoms with Crippen LogP contribution in [0.3, 0.4) is 0 Å². The highest BCUT2D eigenvalue weighted by Crippen LogP contribution is 2.25. The molecule has 0 saturated carbocycles. The number of benzene rings is 1. The number of nitrogens with two attached hydrogens (primary N) is 1. The number of hydrogen-bond donors (Lipinski definition) is 2. The zero-order valence-electron chi connectivity index (χ0n) is 11.6. The van der Waals surface area contributed by atoms with E-state index in [2.05, 4.69) is 4.72 Å². The largest absolute Gasteiger partial charge is 0.399 e. The normalized spacial score (nSPS) is 12.8. The summed E-state index contributed by atoms with van der Waals surface area (Å²) in [7, 11) is -3.78. The van der Waals surface area contributed by atoms with Crippen molar-refractivity contribution in [2.75, 3.05) is 5.73 Å². The predicted molar refractivity (Wildman–Crippen MR) is 83.4 cm³/mol. The number of anilines is 1. The highest BCUT2D eigenvalue weighted by Gasteiger charge is 2.22. The Kier molecular flexibility index (Phi) is 4.32. The summed E-state index contributed by atoms with van der Waals surface area (Å²) in [5.41, 5.74) is 5.97. The van der Waals surface area contributed by atoms with E-state index in [1.54, 1.807) is 6.92 Å². The molecule has 0 aliphatic heterocycles. The zero-order valence-corrected chi connectivity index (χ0v) is 13.3. The fourth-order valence-corrected chi connectivity index (χ4v) is 4.22. The third-order valence-corrected chi connectivity index (χ3v) is 5.72. The van der Waals surface area contributed by atoms with Crippen LogP contribution in [-0.4, -0.2) is 8.42 Å². The number of sulfonamides is 1. The Balaban J connectivity index is 2.33. The zero-order chi connectivity index (χ0) is 15.6. The highest BCUT2D eigenvalue weighted by atomic mass is 32.2. The van der Waals surface area contributed by atoms with Gasteiger partial charge in [-0.25, -0.2) is 13.1 Å². The molecule has 1 unspecified atom stereocenters. The minimum absolute atomic E-state index is 0.0389. The van der Waals surface area contributed by atoms with Crippen molar-refractivity contribution in [1.29, 1.82) is 5.26 Å². The molecular weight excluding hydrogens is 306 g/mol. The van der Waals surface area contributed by atoms with Gasteiger partial charge in [-0.2, -0.15) is 5.26 Å². The molecule has 3 N–H and O–H groups in total. The van der Waals surface area contributed by atoms with Crippen LogP contribution in [-0.2, 0) is 10.0 Å². The van der Waals surface area contributed by atoms with Crippen LogP contribution in [0.15, 0.2) is 35.2 Å². The Morgan fingerprint density at radius 2 is 2.05 bits per heavy atom. The fraction of sp³-hybridized carbons (Fsp3) is 0.214. The second-order valence-corrected chi connectivity index (χ2v) is 7.66. The average Bonchev–Trinajstić information content (AvgIpc) is 2.84. The SMILES string of the molecule is Cc1ccc(C(C)NS(=O)(=O)c2ccc(N)cc2C#N)s1. The van der Waals surface area contributed by atoms with Crippen LogP contribution >= 0.6 is 11.3 Å². The summed E-state index contributed by atoms with van der Waals surface area (Å²) in [6.45, 7) is 3.73. The van der Waals surface area contributed by atoms with E-state index in [1.165, 1.54) is 29.5 Å². The number of hydrogen-bond acceptors (Lipinski definition) is 5. The molecule has 0 saturated heterocycles. The number of thiophene rings is 1. The molecule has 21 heavy (non-hydrogen) atoms. The third kappa shape index (κ3) is 3.42. The summed E-state index contributed by atoms with van der Waals surface area (Å²) in [5.74, 6) is 0. The van der Waals surface area contributed by atoms with Crippen molar-refractivity contribution in [3.63, 3.8) is 0 Å². The summed E-state index contributed by atoms with van der Waals surface area (Å²) in [5, 5.41) is 9.06. The second-order valence-electron chi connectivity index (χ2n) is 4.66. The predicted octanol–water partition coefficient (Wildman–Crippen LogP) is 2.55. The van der Waals surface area contributed by atoms with E-state index in [-0.39, 0.29) is 16.5 Å². The van der Waals surface area contributed by atoms with Crippen LogP contribution in [0.2, 0.25) is 0 Å². The van der Waals surface area contributed by atoms with Crippen LogP contribution in [0.5, 0.6) is 0 Å². The quantitative estimate of drug-likeness (QED) is 0.846. The lowest BCUT2D eigenvalue weighted by Crippen LogP contribution is -2.27. The summed E-state index contributed by atoms with van der Waals surface area (Å²) >= 11 is 1.53. The maximum atomic E-state index is 12.4. The molecule has 1 heterocycles. The van der Waals surface area contributed by atoms with Crippen molar-refractivity contribution >= 4 is 27.0 Å². The number of nitriles is 1. The highest BCUT2D eigenvalue weighted by molar-refractivity contribution is 7.89. The van der Waals surface area contributed by atoms with E-state index in [9.17, 15) is 8.42 Å². The van der Waals surface area contributed by atoms with E-state index >= 15 is 0 Å². The topological polar surface area (TPSA) is 96.0 Å². The number of nitrogen functional groups attached to an aromatic ring is 1. The van der Waals surface area contributed by atoms with Gasteiger partial charge < -0.3 is 5.73 Å². The third-order valence-electron chi connectivity index (χ3n) is 2.93. The van der Waals surface area contributed by atoms with Gasteiger partial charge in [0.05, 0.1) is 16.5 Å². The van der Waals surface area contributed by atoms with E-state index in [1.807, 2.05) is 25.1 Å². The Morgan fingerprint density at radius 3 is 2.62 bits per heavy atom. The summed E-state index contributed by atoms with van der Waals surface area (Å²) in [6.07, 6.45) is 0. The van der Waals surface area contributed by atoms with Gasteiger partial charge in [0.1, 0.15) is 6.07 Å². The molecule has 110 valence electrons. The molecule has 7 heteroatoms. The molecule has 1 atom stereocenters. The lowest BCUT2D eigenvalue weighted by atomic mass is 10.2. The first-order valence-corrected chi connectivity index (χ1v) is 8.52. The first-order chi connectivity index (χ1) is 9.83. The molecule has 5 nitrogen and oxygen atoms in total. The van der Waals surface area contributed by atoms with Crippen LogP contribution < -0.4 is 10.5 Å². The molecule has 0 bridgehead atoms. The Bertz CT molecular complexity index is 804. The minimum Gasteiger partial charge on any atom is -0.399 e. The van der Waals surface area contributed by atoms with Crippen molar-refractivity contribution in [3.8, 4) is 6.07 Å². The fourth-order valence-electron chi connectivity index (χ4n) is 1.91. The van der Waals surface area contributed by atoms with Gasteiger partial charge in [0.2, 0.25) is 10.0 Å². The molecule has 1 aromatic carbocycles. The maximum Gasteiger partial charge on any atom is 0.242 e. The van der Waals surface area contributed by atoms with Crippen LogP contribution in [0, 0.1) is 18.3 Å². The maximum absolute atomic E-state index is 12.4. The molecule has 1 aromatic heterocycles. The van der Waals surface area contributed by atoms with Gasteiger partial charge in [-0.1, -0.05) is 0 Å². The molecular formula is C14H15N3O2S2. The molecule has 0 spiro atoms. The van der Waals surface area contributed by atoms with Gasteiger partial charge in [0, 0.05) is 15.4 Å². The molecule has 0 radical (unpaired) electrons. The smallest absolute Gasteiger partial charge is 0.242 e. The molecule has 2 rings (SSSR count). The molecule has 0 amide bonds. The van der Waals surface area contributed by atoms with Crippen LogP contribution in [0.1, 0.15) is 28.3 Å². The van der Waals surface area contributed by atoms with E-state index in [4.69, 9.17) is 11.0 Å². The Hall–Kier alpha value is -1.88. The van der Waals surface area contributed by atoms with Crippen molar-refractivity contribution < 1.29 is 8.42 Å². The molecule has 0 aliphatic rings. The Labute approximate surface area is 128 Å². The standard InChI is InChI=1S/C14H15N3O2S2/c1-9-3-5-13(20-9)10(2)17-21(18,19)14-6-4-12(16)7-11(14)8-15/h3-7,10,17H,16H2,1-2H3. The summed E-state index contributed by atoms with van der Waals surface area (Å²) in [6, 6.07) is 9.50. The summed E-state index contributed by atoms with van der Waals surface area (Å²) < 4.78 is 27.4. The van der Waals surface area contributed by atoms with Crippen molar-refractivity contribution in [2.45, 2.75) is 24.8 Å². The minimum atomic E-state index is -3.78. The number of rotatable bonds is 4. The molecule has 2 aromatic rings. The van der Waals surface area contributed by atoms with Gasteiger partial charge in [-0.05, 0) is 44.2 Å². The van der Waals surface area contributed by atoms with E-state index in [0.717, 1.165) is 9.75 Å². The first-order valence-electron chi connectivity index (χ1n) is 6.22. The van der Waals surface area contributed by atoms with Crippen molar-refractivity contribution in [3.05, 3.63) is 45.6 Å². The molecule has 0 fully saturated rings. The average molecular weight is 321 g/mol. The lowest BCUT2D eigenvalue weighted by Gasteiger charge is -2.14. The molecule has 0 aliphatic carbocycles. The van der Waals surface area contributed by atoms with Crippen molar-refractivity contribution in [2.24, 2.45) is 0 Å². The van der Waals surface area contributed by atoms with Gasteiger partial charge in [0.25, 0.3) is 0 Å². The first kappa shape index (κ1) is 15.5.